The highest BCUT2D eigenvalue weighted by atomic mass is 35.5. The Kier molecular flexibility index (Phi) is 6.19. The molecule has 1 unspecified atom stereocenters. The van der Waals surface area contributed by atoms with E-state index in [1.165, 1.54) is 31.4 Å². The third kappa shape index (κ3) is 4.95. The van der Waals surface area contributed by atoms with Gasteiger partial charge in [-0.2, -0.15) is 4.72 Å². The predicted octanol–water partition coefficient (Wildman–Crippen LogP) is 2.31. The molecule has 0 aliphatic rings. The van der Waals surface area contributed by atoms with E-state index in [1.54, 1.807) is 24.3 Å². The molecule has 0 spiro atoms. The molecular formula is C16H17ClN2O4S. The monoisotopic (exact) mass is 368 g/mol. The van der Waals surface area contributed by atoms with Crippen LogP contribution >= 0.6 is 11.6 Å². The molecule has 128 valence electrons. The van der Waals surface area contributed by atoms with Gasteiger partial charge in [-0.25, -0.2) is 8.42 Å². The van der Waals surface area contributed by atoms with E-state index in [-0.39, 0.29) is 11.4 Å². The summed E-state index contributed by atoms with van der Waals surface area (Å²) in [6.45, 7) is 0.112. The predicted molar refractivity (Wildman–Crippen MR) is 93.1 cm³/mol. The molecule has 0 aliphatic heterocycles. The molecule has 0 fully saturated rings. The van der Waals surface area contributed by atoms with E-state index in [1.807, 2.05) is 0 Å². The van der Waals surface area contributed by atoms with Gasteiger partial charge in [0.25, 0.3) is 0 Å². The Morgan fingerprint density at radius 2 is 1.75 bits per heavy atom. The minimum absolute atomic E-state index is 0.0571. The Morgan fingerprint density at radius 1 is 1.12 bits per heavy atom. The van der Waals surface area contributed by atoms with Crippen LogP contribution in [0.15, 0.2) is 53.4 Å². The summed E-state index contributed by atoms with van der Waals surface area (Å²) in [5.74, 6) is 0.547. The van der Waals surface area contributed by atoms with Gasteiger partial charge in [0, 0.05) is 17.3 Å². The number of nitrogens with one attached hydrogen (secondary N) is 2. The second kappa shape index (κ2) is 8.14. The van der Waals surface area contributed by atoms with Crippen LogP contribution in [0, 0.1) is 0 Å². The number of sulfonamides is 1. The number of benzene rings is 2. The second-order valence-corrected chi connectivity index (χ2v) is 7.08. The van der Waals surface area contributed by atoms with Crippen molar-refractivity contribution in [2.45, 2.75) is 10.9 Å². The Morgan fingerprint density at radius 3 is 2.29 bits per heavy atom. The number of methoxy groups -OCH3 is 1. The molecule has 6 nitrogen and oxygen atoms in total. The van der Waals surface area contributed by atoms with Crippen LogP contribution in [0.5, 0.6) is 5.75 Å². The number of anilines is 1. The van der Waals surface area contributed by atoms with Crippen molar-refractivity contribution in [1.29, 1.82) is 0 Å². The van der Waals surface area contributed by atoms with Crippen molar-refractivity contribution < 1.29 is 17.9 Å². The van der Waals surface area contributed by atoms with Gasteiger partial charge in [-0.3, -0.25) is 0 Å². The van der Waals surface area contributed by atoms with Crippen LogP contribution in [0.1, 0.15) is 0 Å². The van der Waals surface area contributed by atoms with Gasteiger partial charge >= 0.3 is 0 Å². The smallest absolute Gasteiger partial charge is 0.241 e. The molecule has 0 saturated carbocycles. The van der Waals surface area contributed by atoms with E-state index in [2.05, 4.69) is 10.0 Å². The fourth-order valence-corrected chi connectivity index (χ4v) is 3.23. The number of halogens is 1. The minimum atomic E-state index is -3.81. The summed E-state index contributed by atoms with van der Waals surface area (Å²) in [5.41, 5.74) is 0.731. The Balaban J connectivity index is 2.02. The molecule has 2 N–H and O–H groups in total. The van der Waals surface area contributed by atoms with Crippen LogP contribution in [0.25, 0.3) is 0 Å². The van der Waals surface area contributed by atoms with Gasteiger partial charge in [-0.1, -0.05) is 11.6 Å². The number of rotatable bonds is 8. The zero-order chi connectivity index (χ0) is 17.6. The maximum absolute atomic E-state index is 12.3. The van der Waals surface area contributed by atoms with E-state index < -0.39 is 16.1 Å². The van der Waals surface area contributed by atoms with Crippen LogP contribution in [0.3, 0.4) is 0 Å². The number of hydrogen-bond donors (Lipinski definition) is 2. The Bertz CT molecular complexity index is 777. The summed E-state index contributed by atoms with van der Waals surface area (Å²) in [7, 11) is -2.31. The molecule has 8 heteroatoms. The van der Waals surface area contributed by atoms with Gasteiger partial charge in [0.1, 0.15) is 12.0 Å². The van der Waals surface area contributed by atoms with E-state index >= 15 is 0 Å². The van der Waals surface area contributed by atoms with Crippen molar-refractivity contribution in [3.8, 4) is 5.75 Å². The fraction of sp³-hybridized carbons (Fsp3) is 0.188. The van der Waals surface area contributed by atoms with Crippen LogP contribution in [-0.2, 0) is 14.8 Å². The molecule has 2 aromatic carbocycles. The Hall–Kier alpha value is -2.09. The lowest BCUT2D eigenvalue weighted by molar-refractivity contribution is -0.108. The Labute approximate surface area is 145 Å². The molecule has 1 atom stereocenters. The van der Waals surface area contributed by atoms with Crippen molar-refractivity contribution in [3.05, 3.63) is 53.6 Å². The molecule has 0 radical (unpaired) electrons. The number of hydrogen-bond acceptors (Lipinski definition) is 5. The molecule has 0 heterocycles. The zero-order valence-electron chi connectivity index (χ0n) is 12.9. The SMILES string of the molecule is COc1ccc(S(=O)(=O)NC(C=O)CNc2ccc(Cl)cc2)cc1. The van der Waals surface area contributed by atoms with E-state index in [0.29, 0.717) is 17.1 Å². The van der Waals surface area contributed by atoms with E-state index in [4.69, 9.17) is 16.3 Å². The third-order valence-electron chi connectivity index (χ3n) is 3.21. The largest absolute Gasteiger partial charge is 0.497 e. The number of aldehydes is 1. The highest BCUT2D eigenvalue weighted by Gasteiger charge is 2.19. The molecule has 0 saturated heterocycles. The van der Waals surface area contributed by atoms with Crippen molar-refractivity contribution in [1.82, 2.24) is 4.72 Å². The fourth-order valence-electron chi connectivity index (χ4n) is 1.94. The lowest BCUT2D eigenvalue weighted by Gasteiger charge is -2.15. The molecule has 2 rings (SSSR count). The van der Waals surface area contributed by atoms with Gasteiger partial charge in [-0.15, -0.1) is 0 Å². The zero-order valence-corrected chi connectivity index (χ0v) is 14.5. The summed E-state index contributed by atoms with van der Waals surface area (Å²) in [6, 6.07) is 11.9. The van der Waals surface area contributed by atoms with Crippen molar-refractivity contribution in [2.24, 2.45) is 0 Å². The van der Waals surface area contributed by atoms with Crippen LogP contribution < -0.4 is 14.8 Å². The highest BCUT2D eigenvalue weighted by molar-refractivity contribution is 7.89. The van der Waals surface area contributed by atoms with Crippen LogP contribution in [-0.4, -0.2) is 34.4 Å². The maximum Gasteiger partial charge on any atom is 0.241 e. The van der Waals surface area contributed by atoms with Gasteiger partial charge < -0.3 is 14.8 Å². The lowest BCUT2D eigenvalue weighted by Crippen LogP contribution is -2.40. The average Bonchev–Trinajstić information content (AvgIpc) is 2.60. The molecule has 0 aliphatic carbocycles. The molecule has 24 heavy (non-hydrogen) atoms. The van der Waals surface area contributed by atoms with Crippen molar-refractivity contribution in [2.75, 3.05) is 19.0 Å². The first-order chi connectivity index (χ1) is 11.4. The average molecular weight is 369 g/mol. The first-order valence-electron chi connectivity index (χ1n) is 7.06. The maximum atomic E-state index is 12.3. The van der Waals surface area contributed by atoms with Crippen LogP contribution in [0.2, 0.25) is 5.02 Å². The summed E-state index contributed by atoms with van der Waals surface area (Å²) in [5, 5.41) is 3.57. The standard InChI is InChI=1S/C16H17ClN2O4S/c1-23-15-6-8-16(9-7-15)24(21,22)19-14(11-20)10-18-13-4-2-12(17)3-5-13/h2-9,11,14,18-19H,10H2,1H3. The number of carbonyl (C=O) groups is 1. The molecule has 0 aromatic heterocycles. The highest BCUT2D eigenvalue weighted by Crippen LogP contribution is 2.16. The van der Waals surface area contributed by atoms with E-state index in [0.717, 1.165) is 5.69 Å². The van der Waals surface area contributed by atoms with Gasteiger partial charge in [-0.05, 0) is 48.5 Å². The van der Waals surface area contributed by atoms with Crippen molar-refractivity contribution in [3.63, 3.8) is 0 Å². The number of carbonyl (C=O) groups excluding carboxylic acids is 1. The van der Waals surface area contributed by atoms with Gasteiger partial charge in [0.05, 0.1) is 18.0 Å². The van der Waals surface area contributed by atoms with Crippen LogP contribution in [0.4, 0.5) is 5.69 Å². The van der Waals surface area contributed by atoms with Gasteiger partial charge in [0.15, 0.2) is 0 Å². The number of ether oxygens (including phenoxy) is 1. The van der Waals surface area contributed by atoms with Gasteiger partial charge in [0.2, 0.25) is 10.0 Å². The molecule has 2 aromatic rings. The minimum Gasteiger partial charge on any atom is -0.497 e. The quantitative estimate of drug-likeness (QED) is 0.698. The molecule has 0 amide bonds. The van der Waals surface area contributed by atoms with E-state index in [9.17, 15) is 13.2 Å². The molecular weight excluding hydrogens is 352 g/mol. The summed E-state index contributed by atoms with van der Waals surface area (Å²) in [4.78, 5) is 11.2. The molecule has 0 bridgehead atoms. The third-order valence-corrected chi connectivity index (χ3v) is 4.97. The summed E-state index contributed by atoms with van der Waals surface area (Å²) < 4.78 is 31.9. The lowest BCUT2D eigenvalue weighted by atomic mass is 10.3. The summed E-state index contributed by atoms with van der Waals surface area (Å²) in [6.07, 6.45) is 0.546. The summed E-state index contributed by atoms with van der Waals surface area (Å²) >= 11 is 5.79. The second-order valence-electron chi connectivity index (χ2n) is 4.93. The first kappa shape index (κ1) is 18.3. The first-order valence-corrected chi connectivity index (χ1v) is 8.92. The van der Waals surface area contributed by atoms with Crippen molar-refractivity contribution >= 4 is 33.6 Å². The topological polar surface area (TPSA) is 84.5 Å². The normalized spacial score (nSPS) is 12.4.